The monoisotopic (exact) mass is 575 g/mol. The molecule has 2 aromatic carbocycles. The Morgan fingerprint density at radius 3 is 2.71 bits per heavy atom. The fourth-order valence-electron chi connectivity index (χ4n) is 3.23. The maximum Gasteiger partial charge on any atom is 0.294 e. The number of halogens is 2. The Kier molecular flexibility index (Phi) is 7.10. The van der Waals surface area contributed by atoms with Crippen molar-refractivity contribution in [1.82, 2.24) is 4.90 Å². The third kappa shape index (κ3) is 5.47. The number of thioether (sulfide) groups is 1. The molecule has 0 bridgehead atoms. The van der Waals surface area contributed by atoms with Gasteiger partial charge in [-0.2, -0.15) is 0 Å². The number of anilines is 1. The molecule has 1 N–H and O–H groups in total. The molecule has 3 aromatic rings. The van der Waals surface area contributed by atoms with Crippen LogP contribution in [0, 0.1) is 17.0 Å². The average molecular weight is 577 g/mol. The molecule has 0 aliphatic carbocycles. The number of aryl methyl sites for hydroxylation is 1. The van der Waals surface area contributed by atoms with E-state index in [1.54, 1.807) is 43.3 Å². The highest BCUT2D eigenvalue weighted by molar-refractivity contribution is 9.10. The van der Waals surface area contributed by atoms with Crippen LogP contribution in [0.2, 0.25) is 5.02 Å². The number of rotatable bonds is 6. The third-order valence-electron chi connectivity index (χ3n) is 4.97. The summed E-state index contributed by atoms with van der Waals surface area (Å²) in [4.78, 5) is 49.1. The minimum atomic E-state index is -0.632. The maximum absolute atomic E-state index is 12.7. The van der Waals surface area contributed by atoms with E-state index in [2.05, 4.69) is 21.2 Å². The van der Waals surface area contributed by atoms with Crippen molar-refractivity contribution in [3.05, 3.63) is 84.4 Å². The van der Waals surface area contributed by atoms with Crippen molar-refractivity contribution >= 4 is 73.8 Å². The summed E-state index contributed by atoms with van der Waals surface area (Å²) < 4.78 is 6.38. The predicted molar refractivity (Wildman–Crippen MR) is 136 cm³/mol. The van der Waals surface area contributed by atoms with Crippen LogP contribution in [0.3, 0.4) is 0 Å². The SMILES string of the molecule is Cc1ccc(-c2ccc(/C=C3/SC(=O)N(CC(=O)Nc4ccc(Br)c(Cl)c4)C3=O)o2)cc1[N+](=O)[O-]. The number of benzene rings is 2. The summed E-state index contributed by atoms with van der Waals surface area (Å²) in [6, 6.07) is 12.7. The van der Waals surface area contributed by atoms with E-state index in [1.165, 1.54) is 18.2 Å². The lowest BCUT2D eigenvalue weighted by atomic mass is 10.1. The molecule has 1 aliphatic heterocycles. The number of nitro benzene ring substituents is 1. The van der Waals surface area contributed by atoms with E-state index in [0.29, 0.717) is 43.8 Å². The van der Waals surface area contributed by atoms with Gasteiger partial charge in [-0.25, -0.2) is 0 Å². The molecule has 9 nitrogen and oxygen atoms in total. The van der Waals surface area contributed by atoms with Gasteiger partial charge in [-0.15, -0.1) is 0 Å². The van der Waals surface area contributed by atoms with Crippen LogP contribution < -0.4 is 5.32 Å². The summed E-state index contributed by atoms with van der Waals surface area (Å²) in [5.74, 6) is -0.546. The van der Waals surface area contributed by atoms with Crippen LogP contribution >= 0.6 is 39.3 Å². The second-order valence-corrected chi connectivity index (χ2v) is 9.66. The smallest absolute Gasteiger partial charge is 0.294 e. The van der Waals surface area contributed by atoms with Crippen molar-refractivity contribution in [2.24, 2.45) is 0 Å². The van der Waals surface area contributed by atoms with E-state index < -0.39 is 28.5 Å². The Labute approximate surface area is 216 Å². The molecule has 12 heteroatoms. The molecule has 0 spiro atoms. The van der Waals surface area contributed by atoms with Crippen LogP contribution in [0.1, 0.15) is 11.3 Å². The van der Waals surface area contributed by atoms with Crippen LogP contribution in [0.5, 0.6) is 0 Å². The number of amides is 3. The molecule has 2 heterocycles. The van der Waals surface area contributed by atoms with E-state index in [1.807, 2.05) is 0 Å². The Morgan fingerprint density at radius 1 is 1.23 bits per heavy atom. The molecule has 0 unspecified atom stereocenters. The van der Waals surface area contributed by atoms with Crippen molar-refractivity contribution in [2.75, 3.05) is 11.9 Å². The molecule has 1 saturated heterocycles. The van der Waals surface area contributed by atoms with Gasteiger partial charge in [0.05, 0.1) is 14.9 Å². The first-order valence-electron chi connectivity index (χ1n) is 9.98. The van der Waals surface area contributed by atoms with Gasteiger partial charge < -0.3 is 9.73 Å². The first-order valence-corrected chi connectivity index (χ1v) is 12.0. The third-order valence-corrected chi connectivity index (χ3v) is 7.11. The maximum atomic E-state index is 12.7. The largest absolute Gasteiger partial charge is 0.457 e. The van der Waals surface area contributed by atoms with E-state index in [0.717, 1.165) is 4.90 Å². The van der Waals surface area contributed by atoms with Crippen LogP contribution in [0.25, 0.3) is 17.4 Å². The molecule has 0 radical (unpaired) electrons. The number of carbonyl (C=O) groups excluding carboxylic acids is 3. The zero-order valence-corrected chi connectivity index (χ0v) is 21.1. The quantitative estimate of drug-likeness (QED) is 0.209. The molecule has 35 heavy (non-hydrogen) atoms. The number of hydrogen-bond acceptors (Lipinski definition) is 7. The van der Waals surface area contributed by atoms with E-state index in [4.69, 9.17) is 16.0 Å². The lowest BCUT2D eigenvalue weighted by molar-refractivity contribution is -0.385. The molecule has 0 atom stereocenters. The van der Waals surface area contributed by atoms with Gasteiger partial charge in [-0.1, -0.05) is 23.7 Å². The molecular formula is C23H15BrClN3O6S. The van der Waals surface area contributed by atoms with Crippen molar-refractivity contribution in [1.29, 1.82) is 0 Å². The van der Waals surface area contributed by atoms with E-state index in [9.17, 15) is 24.5 Å². The number of nitrogens with one attached hydrogen (secondary N) is 1. The fraction of sp³-hybridized carbons (Fsp3) is 0.0870. The summed E-state index contributed by atoms with van der Waals surface area (Å²) in [5, 5.41) is 13.6. The molecule has 0 saturated carbocycles. The summed E-state index contributed by atoms with van der Waals surface area (Å²) >= 11 is 9.95. The number of imide groups is 1. The van der Waals surface area contributed by atoms with Gasteiger partial charge in [-0.05, 0) is 64.9 Å². The van der Waals surface area contributed by atoms with E-state index >= 15 is 0 Å². The Bertz CT molecular complexity index is 1420. The van der Waals surface area contributed by atoms with Gasteiger partial charge in [0.25, 0.3) is 16.8 Å². The Hall–Kier alpha value is -3.41. The van der Waals surface area contributed by atoms with Crippen LogP contribution in [-0.2, 0) is 9.59 Å². The molecular weight excluding hydrogens is 562 g/mol. The van der Waals surface area contributed by atoms with Gasteiger partial charge >= 0.3 is 0 Å². The van der Waals surface area contributed by atoms with Crippen molar-refractivity contribution in [2.45, 2.75) is 6.92 Å². The second kappa shape index (κ2) is 10.1. The number of nitrogens with zero attached hydrogens (tertiary/aromatic N) is 2. The second-order valence-electron chi connectivity index (χ2n) is 7.41. The number of nitro groups is 1. The topological polar surface area (TPSA) is 123 Å². The lowest BCUT2D eigenvalue weighted by Gasteiger charge is -2.12. The van der Waals surface area contributed by atoms with E-state index in [-0.39, 0.29) is 16.4 Å². The predicted octanol–water partition coefficient (Wildman–Crippen LogP) is 6.25. The standard InChI is InChI=1S/C23H15BrClN3O6S/c1-12-2-3-13(8-18(12)28(32)33)19-7-5-15(34-19)10-20-22(30)27(23(31)35-20)11-21(29)26-14-4-6-16(24)17(25)9-14/h2-10H,11H2,1H3,(H,26,29)/b20-10+. The minimum absolute atomic E-state index is 0.0368. The van der Waals surface area contributed by atoms with Crippen LogP contribution in [0.15, 0.2) is 62.3 Å². The van der Waals surface area contributed by atoms with Crippen LogP contribution in [0.4, 0.5) is 16.2 Å². The number of carbonyl (C=O) groups is 3. The minimum Gasteiger partial charge on any atom is -0.457 e. The highest BCUT2D eigenvalue weighted by Gasteiger charge is 2.36. The summed E-state index contributed by atoms with van der Waals surface area (Å²) in [7, 11) is 0. The van der Waals surface area contributed by atoms with Crippen molar-refractivity contribution in [3.63, 3.8) is 0 Å². The zero-order valence-electron chi connectivity index (χ0n) is 17.9. The Morgan fingerprint density at radius 2 is 2.00 bits per heavy atom. The number of hydrogen-bond donors (Lipinski definition) is 1. The van der Waals surface area contributed by atoms with Crippen LogP contribution in [-0.4, -0.2) is 33.4 Å². The van der Waals surface area contributed by atoms with Crippen molar-refractivity contribution in [3.8, 4) is 11.3 Å². The van der Waals surface area contributed by atoms with Gasteiger partial charge in [0.2, 0.25) is 5.91 Å². The van der Waals surface area contributed by atoms with Gasteiger partial charge in [0.15, 0.2) is 0 Å². The Balaban J connectivity index is 1.47. The molecule has 4 rings (SSSR count). The zero-order chi connectivity index (χ0) is 25.3. The van der Waals surface area contributed by atoms with Gasteiger partial charge in [0, 0.05) is 33.4 Å². The molecule has 178 valence electrons. The highest BCUT2D eigenvalue weighted by Crippen LogP contribution is 2.34. The molecule has 1 fully saturated rings. The summed E-state index contributed by atoms with van der Waals surface area (Å²) in [6.45, 7) is 1.17. The van der Waals surface area contributed by atoms with Gasteiger partial charge in [-0.3, -0.25) is 29.4 Å². The highest BCUT2D eigenvalue weighted by atomic mass is 79.9. The molecule has 1 aliphatic rings. The fourth-order valence-corrected chi connectivity index (χ4v) is 4.47. The number of furan rings is 1. The van der Waals surface area contributed by atoms with Crippen molar-refractivity contribution < 1.29 is 23.7 Å². The average Bonchev–Trinajstić information content (AvgIpc) is 3.37. The van der Waals surface area contributed by atoms with Gasteiger partial charge in [0.1, 0.15) is 18.1 Å². The molecule has 1 aromatic heterocycles. The normalized spacial score (nSPS) is 14.6. The molecule has 3 amide bonds. The summed E-state index contributed by atoms with van der Waals surface area (Å²) in [6.07, 6.45) is 1.39. The summed E-state index contributed by atoms with van der Waals surface area (Å²) in [5.41, 5.74) is 1.40. The lowest BCUT2D eigenvalue weighted by Crippen LogP contribution is -2.36. The first-order chi connectivity index (χ1) is 16.6. The first kappa shape index (κ1) is 24.7.